The first-order chi connectivity index (χ1) is 11.2. The van der Waals surface area contributed by atoms with Crippen LogP contribution in [0.3, 0.4) is 0 Å². The van der Waals surface area contributed by atoms with Gasteiger partial charge in [0.15, 0.2) is 5.78 Å². The third-order valence-corrected chi connectivity index (χ3v) is 5.09. The summed E-state index contributed by atoms with van der Waals surface area (Å²) >= 11 is 1.51. The molecule has 1 aromatic carbocycles. The number of carbonyl (C=O) groups is 1. The standard InChI is InChI=1S/C18H19N3OS/c1-21-15(9-10-20-21)17-7-8-18(23-17)16(22)11-14(12-19)13-5-3-2-4-6-13/h2-10,14H,11-12,19H2,1H3. The number of hydrogen-bond donors (Lipinski definition) is 1. The van der Waals surface area contributed by atoms with E-state index in [0.717, 1.165) is 21.0 Å². The zero-order valence-corrected chi connectivity index (χ0v) is 13.8. The summed E-state index contributed by atoms with van der Waals surface area (Å²) in [4.78, 5) is 14.4. The molecule has 0 aliphatic rings. The lowest BCUT2D eigenvalue weighted by molar-refractivity contribution is 0.0978. The van der Waals surface area contributed by atoms with Gasteiger partial charge >= 0.3 is 0 Å². The highest BCUT2D eigenvalue weighted by molar-refractivity contribution is 7.17. The van der Waals surface area contributed by atoms with Crippen molar-refractivity contribution in [1.82, 2.24) is 9.78 Å². The zero-order chi connectivity index (χ0) is 16.2. The van der Waals surface area contributed by atoms with Gasteiger partial charge in [-0.05, 0) is 30.3 Å². The van der Waals surface area contributed by atoms with Crippen LogP contribution < -0.4 is 5.73 Å². The maximum atomic E-state index is 12.6. The van der Waals surface area contributed by atoms with Crippen LogP contribution in [0, 0.1) is 0 Å². The van der Waals surface area contributed by atoms with E-state index in [4.69, 9.17) is 5.73 Å². The highest BCUT2D eigenvalue weighted by Gasteiger charge is 2.18. The van der Waals surface area contributed by atoms with Gasteiger partial charge in [-0.1, -0.05) is 30.3 Å². The van der Waals surface area contributed by atoms with Gasteiger partial charge < -0.3 is 5.73 Å². The number of hydrogen-bond acceptors (Lipinski definition) is 4. The molecule has 2 heterocycles. The Morgan fingerprint density at radius 2 is 2.00 bits per heavy atom. The minimum atomic E-state index is 0.0611. The fraction of sp³-hybridized carbons (Fsp3) is 0.222. The Morgan fingerprint density at radius 1 is 1.22 bits per heavy atom. The first kappa shape index (κ1) is 15.6. The Hall–Kier alpha value is -2.24. The highest BCUT2D eigenvalue weighted by Crippen LogP contribution is 2.30. The zero-order valence-electron chi connectivity index (χ0n) is 13.0. The van der Waals surface area contributed by atoms with E-state index in [1.807, 2.05) is 60.3 Å². The third kappa shape index (κ3) is 3.41. The van der Waals surface area contributed by atoms with E-state index < -0.39 is 0 Å². The predicted octanol–water partition coefficient (Wildman–Crippen LogP) is 3.46. The average Bonchev–Trinajstić information content (AvgIpc) is 3.21. The molecule has 4 nitrogen and oxygen atoms in total. The van der Waals surface area contributed by atoms with Crippen LogP contribution in [0.4, 0.5) is 0 Å². The lowest BCUT2D eigenvalue weighted by Crippen LogP contribution is -2.16. The third-order valence-electron chi connectivity index (χ3n) is 3.94. The lowest BCUT2D eigenvalue weighted by Gasteiger charge is -2.13. The summed E-state index contributed by atoms with van der Waals surface area (Å²) in [5, 5.41) is 4.17. The van der Waals surface area contributed by atoms with E-state index in [2.05, 4.69) is 5.10 Å². The molecule has 1 unspecified atom stereocenters. The molecule has 0 radical (unpaired) electrons. The van der Waals surface area contributed by atoms with Crippen molar-refractivity contribution in [1.29, 1.82) is 0 Å². The molecule has 5 heteroatoms. The van der Waals surface area contributed by atoms with Crippen LogP contribution in [0.25, 0.3) is 10.6 Å². The molecule has 0 fully saturated rings. The Bertz CT molecular complexity index is 791. The highest BCUT2D eigenvalue weighted by atomic mass is 32.1. The Morgan fingerprint density at radius 3 is 2.65 bits per heavy atom. The molecule has 0 bridgehead atoms. The summed E-state index contributed by atoms with van der Waals surface area (Å²) in [5.74, 6) is 0.202. The van der Waals surface area contributed by atoms with Crippen molar-refractivity contribution in [3.05, 3.63) is 65.2 Å². The summed E-state index contributed by atoms with van der Waals surface area (Å²) in [5.41, 5.74) is 8.01. The van der Waals surface area contributed by atoms with Gasteiger partial charge in [-0.15, -0.1) is 11.3 Å². The fourth-order valence-corrected chi connectivity index (χ4v) is 3.64. The quantitative estimate of drug-likeness (QED) is 0.706. The van der Waals surface area contributed by atoms with Crippen molar-refractivity contribution in [3.63, 3.8) is 0 Å². The van der Waals surface area contributed by atoms with E-state index in [1.54, 1.807) is 6.20 Å². The van der Waals surface area contributed by atoms with Crippen LogP contribution in [0.1, 0.15) is 27.6 Å². The first-order valence-electron chi connectivity index (χ1n) is 7.55. The fourth-order valence-electron chi connectivity index (χ4n) is 2.63. The topological polar surface area (TPSA) is 60.9 Å². The summed E-state index contributed by atoms with van der Waals surface area (Å²) in [6, 6.07) is 15.8. The van der Waals surface area contributed by atoms with Crippen LogP contribution in [0.2, 0.25) is 0 Å². The van der Waals surface area contributed by atoms with Crippen molar-refractivity contribution >= 4 is 17.1 Å². The van der Waals surface area contributed by atoms with Crippen molar-refractivity contribution in [2.75, 3.05) is 6.54 Å². The maximum absolute atomic E-state index is 12.6. The van der Waals surface area contributed by atoms with Gasteiger partial charge in [0.25, 0.3) is 0 Å². The SMILES string of the molecule is Cn1nccc1-c1ccc(C(=O)CC(CN)c2ccccc2)s1. The Labute approximate surface area is 139 Å². The molecule has 3 aromatic rings. The van der Waals surface area contributed by atoms with Crippen molar-refractivity contribution in [3.8, 4) is 10.6 Å². The number of rotatable bonds is 6. The second-order valence-corrected chi connectivity index (χ2v) is 6.56. The number of Topliss-reactive ketones (excluding diaryl/α,β-unsaturated/α-hetero) is 1. The molecule has 0 saturated carbocycles. The molecule has 0 saturated heterocycles. The lowest BCUT2D eigenvalue weighted by atomic mass is 9.93. The van der Waals surface area contributed by atoms with Crippen LogP contribution in [0.15, 0.2) is 54.7 Å². The van der Waals surface area contributed by atoms with E-state index in [0.29, 0.717) is 13.0 Å². The van der Waals surface area contributed by atoms with Gasteiger partial charge in [-0.3, -0.25) is 9.48 Å². The molecule has 0 amide bonds. The number of aryl methyl sites for hydroxylation is 1. The van der Waals surface area contributed by atoms with Crippen LogP contribution in [-0.4, -0.2) is 22.1 Å². The van der Waals surface area contributed by atoms with E-state index in [1.165, 1.54) is 11.3 Å². The summed E-state index contributed by atoms with van der Waals surface area (Å²) < 4.78 is 1.81. The molecular formula is C18H19N3OS. The van der Waals surface area contributed by atoms with Crippen LogP contribution in [0.5, 0.6) is 0 Å². The first-order valence-corrected chi connectivity index (χ1v) is 8.37. The number of nitrogens with two attached hydrogens (primary N) is 1. The van der Waals surface area contributed by atoms with Crippen molar-refractivity contribution in [2.24, 2.45) is 12.8 Å². The van der Waals surface area contributed by atoms with E-state index in [-0.39, 0.29) is 11.7 Å². The molecular weight excluding hydrogens is 306 g/mol. The summed E-state index contributed by atoms with van der Waals surface area (Å²) in [7, 11) is 1.90. The number of thiophene rings is 1. The van der Waals surface area contributed by atoms with Crippen LogP contribution in [-0.2, 0) is 7.05 Å². The summed E-state index contributed by atoms with van der Waals surface area (Å²) in [6.07, 6.45) is 2.20. The minimum Gasteiger partial charge on any atom is -0.330 e. The van der Waals surface area contributed by atoms with E-state index >= 15 is 0 Å². The molecule has 0 spiro atoms. The van der Waals surface area contributed by atoms with Gasteiger partial charge in [0.1, 0.15) is 0 Å². The minimum absolute atomic E-state index is 0.0611. The smallest absolute Gasteiger partial charge is 0.173 e. The van der Waals surface area contributed by atoms with Gasteiger partial charge in [0.2, 0.25) is 0 Å². The van der Waals surface area contributed by atoms with Gasteiger partial charge in [0, 0.05) is 25.6 Å². The van der Waals surface area contributed by atoms with Gasteiger partial charge in [0.05, 0.1) is 15.4 Å². The predicted molar refractivity (Wildman–Crippen MR) is 93.7 cm³/mol. The molecule has 0 aliphatic heterocycles. The number of ketones is 1. The number of benzene rings is 1. The van der Waals surface area contributed by atoms with Gasteiger partial charge in [-0.25, -0.2) is 0 Å². The normalized spacial score (nSPS) is 12.3. The van der Waals surface area contributed by atoms with Crippen LogP contribution >= 0.6 is 11.3 Å². The maximum Gasteiger partial charge on any atom is 0.173 e. The second-order valence-electron chi connectivity index (χ2n) is 5.47. The number of nitrogens with zero attached hydrogens (tertiary/aromatic N) is 2. The number of aromatic nitrogens is 2. The molecule has 0 aliphatic carbocycles. The molecule has 118 valence electrons. The number of carbonyl (C=O) groups excluding carboxylic acids is 1. The molecule has 2 aromatic heterocycles. The summed E-state index contributed by atoms with van der Waals surface area (Å²) in [6.45, 7) is 0.468. The van der Waals surface area contributed by atoms with Crippen molar-refractivity contribution in [2.45, 2.75) is 12.3 Å². The monoisotopic (exact) mass is 325 g/mol. The van der Waals surface area contributed by atoms with E-state index in [9.17, 15) is 4.79 Å². The van der Waals surface area contributed by atoms with Crippen molar-refractivity contribution < 1.29 is 4.79 Å². The Balaban J connectivity index is 1.76. The molecule has 3 rings (SSSR count). The average molecular weight is 325 g/mol. The second kappa shape index (κ2) is 6.89. The Kier molecular flexibility index (Phi) is 4.69. The largest absolute Gasteiger partial charge is 0.330 e. The molecule has 2 N–H and O–H groups in total. The molecule has 23 heavy (non-hydrogen) atoms. The van der Waals surface area contributed by atoms with Gasteiger partial charge in [-0.2, -0.15) is 5.10 Å². The molecule has 1 atom stereocenters.